The molecular formula is C15H19N3O4. The van der Waals surface area contributed by atoms with E-state index in [-0.39, 0.29) is 18.2 Å². The Bertz CT molecular complexity index is 773. The van der Waals surface area contributed by atoms with Gasteiger partial charge in [-0.05, 0) is 18.1 Å². The standard InChI is InChI=1S/C15H19N3O4/c1-9(2)13(14(20)21)16-12(19)8-18-11-7-5-4-6-10(11)17(3)15(18)22/h4-7,9,13H,8H2,1-3H3,(H,16,19)(H,20,21)/t13-/m1/s1. The monoisotopic (exact) mass is 305 g/mol. The number of aliphatic carboxylic acids is 1. The average molecular weight is 305 g/mol. The molecule has 0 bridgehead atoms. The molecule has 7 heteroatoms. The number of amides is 1. The maximum Gasteiger partial charge on any atom is 0.329 e. The summed E-state index contributed by atoms with van der Waals surface area (Å²) >= 11 is 0. The molecular weight excluding hydrogens is 286 g/mol. The highest BCUT2D eigenvalue weighted by Crippen LogP contribution is 2.11. The van der Waals surface area contributed by atoms with Crippen LogP contribution in [0.15, 0.2) is 29.1 Å². The predicted molar refractivity (Wildman–Crippen MR) is 81.6 cm³/mol. The zero-order valence-corrected chi connectivity index (χ0v) is 12.7. The molecule has 1 atom stereocenters. The minimum atomic E-state index is -1.09. The molecule has 0 spiro atoms. The highest BCUT2D eigenvalue weighted by molar-refractivity contribution is 5.85. The molecule has 0 aliphatic carbocycles. The van der Waals surface area contributed by atoms with Crippen LogP contribution in [0, 0.1) is 5.92 Å². The van der Waals surface area contributed by atoms with Crippen LogP contribution in [0.5, 0.6) is 0 Å². The molecule has 0 saturated heterocycles. The van der Waals surface area contributed by atoms with Crippen molar-refractivity contribution in [3.05, 3.63) is 34.7 Å². The van der Waals surface area contributed by atoms with Crippen molar-refractivity contribution in [2.24, 2.45) is 13.0 Å². The van der Waals surface area contributed by atoms with E-state index in [2.05, 4.69) is 5.32 Å². The van der Waals surface area contributed by atoms with Gasteiger partial charge in [-0.15, -0.1) is 0 Å². The first-order valence-electron chi connectivity index (χ1n) is 6.99. The van der Waals surface area contributed by atoms with Gasteiger partial charge in [0.1, 0.15) is 12.6 Å². The average Bonchev–Trinajstić information content (AvgIpc) is 2.70. The Hall–Kier alpha value is -2.57. The van der Waals surface area contributed by atoms with Crippen LogP contribution in [-0.2, 0) is 23.2 Å². The van der Waals surface area contributed by atoms with Gasteiger partial charge in [-0.3, -0.25) is 13.9 Å². The van der Waals surface area contributed by atoms with Gasteiger partial charge < -0.3 is 10.4 Å². The van der Waals surface area contributed by atoms with Crippen LogP contribution >= 0.6 is 0 Å². The molecule has 22 heavy (non-hydrogen) atoms. The van der Waals surface area contributed by atoms with Gasteiger partial charge in [0.2, 0.25) is 5.91 Å². The van der Waals surface area contributed by atoms with Crippen LogP contribution < -0.4 is 11.0 Å². The number of nitrogens with one attached hydrogen (secondary N) is 1. The molecule has 1 aromatic carbocycles. The van der Waals surface area contributed by atoms with Crippen LogP contribution in [0.1, 0.15) is 13.8 Å². The molecule has 118 valence electrons. The SMILES string of the molecule is CC(C)[C@@H](NC(=O)Cn1c(=O)n(C)c2ccccc21)C(=O)O. The van der Waals surface area contributed by atoms with E-state index < -0.39 is 17.9 Å². The van der Waals surface area contributed by atoms with E-state index in [1.54, 1.807) is 39.1 Å². The Morgan fingerprint density at radius 3 is 2.36 bits per heavy atom. The number of imidazole rings is 1. The van der Waals surface area contributed by atoms with Crippen LogP contribution in [0.2, 0.25) is 0 Å². The normalized spacial score (nSPS) is 12.5. The summed E-state index contributed by atoms with van der Waals surface area (Å²) in [6.45, 7) is 3.21. The molecule has 0 radical (unpaired) electrons. The van der Waals surface area contributed by atoms with Crippen molar-refractivity contribution in [1.82, 2.24) is 14.5 Å². The number of hydrogen-bond acceptors (Lipinski definition) is 3. The van der Waals surface area contributed by atoms with Gasteiger partial charge >= 0.3 is 11.7 Å². The fraction of sp³-hybridized carbons (Fsp3) is 0.400. The number of carbonyl (C=O) groups excluding carboxylic acids is 1. The summed E-state index contributed by atoms with van der Waals surface area (Å²) in [4.78, 5) is 35.4. The first-order chi connectivity index (χ1) is 10.3. The van der Waals surface area contributed by atoms with Crippen LogP contribution in [-0.4, -0.2) is 32.2 Å². The fourth-order valence-electron chi connectivity index (χ4n) is 2.39. The molecule has 2 rings (SSSR count). The van der Waals surface area contributed by atoms with Gasteiger partial charge in [0.25, 0.3) is 0 Å². The third-order valence-electron chi connectivity index (χ3n) is 3.60. The topological polar surface area (TPSA) is 93.3 Å². The predicted octanol–water partition coefficient (Wildman–Crippen LogP) is 0.565. The quantitative estimate of drug-likeness (QED) is 0.844. The molecule has 1 heterocycles. The number of rotatable bonds is 5. The molecule has 0 unspecified atom stereocenters. The number of carbonyl (C=O) groups is 2. The fourth-order valence-corrected chi connectivity index (χ4v) is 2.39. The van der Waals surface area contributed by atoms with Crippen molar-refractivity contribution < 1.29 is 14.7 Å². The number of aromatic nitrogens is 2. The van der Waals surface area contributed by atoms with Crippen molar-refractivity contribution in [3.63, 3.8) is 0 Å². The number of benzene rings is 1. The Kier molecular flexibility index (Phi) is 4.35. The Balaban J connectivity index is 2.28. The van der Waals surface area contributed by atoms with Crippen LogP contribution in [0.4, 0.5) is 0 Å². The van der Waals surface area contributed by atoms with Gasteiger partial charge in [0.05, 0.1) is 11.0 Å². The summed E-state index contributed by atoms with van der Waals surface area (Å²) in [5.74, 6) is -1.83. The van der Waals surface area contributed by atoms with Crippen LogP contribution in [0.3, 0.4) is 0 Å². The highest BCUT2D eigenvalue weighted by atomic mass is 16.4. The first-order valence-corrected chi connectivity index (χ1v) is 6.99. The van der Waals surface area contributed by atoms with Crippen molar-refractivity contribution in [1.29, 1.82) is 0 Å². The van der Waals surface area contributed by atoms with Gasteiger partial charge in [-0.1, -0.05) is 26.0 Å². The lowest BCUT2D eigenvalue weighted by Crippen LogP contribution is -2.46. The molecule has 0 fully saturated rings. The molecule has 1 aromatic heterocycles. The maximum absolute atomic E-state index is 12.2. The summed E-state index contributed by atoms with van der Waals surface area (Å²) in [6, 6.07) is 6.16. The number of hydrogen-bond donors (Lipinski definition) is 2. The number of fused-ring (bicyclic) bond motifs is 1. The number of nitrogens with zero attached hydrogens (tertiary/aromatic N) is 2. The Morgan fingerprint density at radius 2 is 1.82 bits per heavy atom. The van der Waals surface area contributed by atoms with E-state index in [1.807, 2.05) is 6.07 Å². The zero-order chi connectivity index (χ0) is 16.4. The van der Waals surface area contributed by atoms with Crippen molar-refractivity contribution in [3.8, 4) is 0 Å². The smallest absolute Gasteiger partial charge is 0.329 e. The second-order valence-electron chi connectivity index (χ2n) is 5.54. The molecule has 2 aromatic rings. The van der Waals surface area contributed by atoms with Gasteiger partial charge in [-0.2, -0.15) is 0 Å². The van der Waals surface area contributed by atoms with Gasteiger partial charge in [-0.25, -0.2) is 9.59 Å². The van der Waals surface area contributed by atoms with E-state index in [0.29, 0.717) is 5.52 Å². The van der Waals surface area contributed by atoms with Gasteiger partial charge in [0.15, 0.2) is 0 Å². The van der Waals surface area contributed by atoms with E-state index >= 15 is 0 Å². The summed E-state index contributed by atoms with van der Waals surface area (Å²) in [6.07, 6.45) is 0. The van der Waals surface area contributed by atoms with Crippen molar-refractivity contribution >= 4 is 22.9 Å². The lowest BCUT2D eigenvalue weighted by Gasteiger charge is -2.17. The van der Waals surface area contributed by atoms with Crippen LogP contribution in [0.25, 0.3) is 11.0 Å². The molecule has 1 amide bonds. The summed E-state index contributed by atoms with van der Waals surface area (Å²) in [5.41, 5.74) is 1.05. The molecule has 7 nitrogen and oxygen atoms in total. The third kappa shape index (κ3) is 2.88. The minimum Gasteiger partial charge on any atom is -0.480 e. The Morgan fingerprint density at radius 1 is 1.23 bits per heavy atom. The number of carboxylic acids is 1. The molecule has 0 saturated carbocycles. The van der Waals surface area contributed by atoms with E-state index in [4.69, 9.17) is 5.11 Å². The summed E-state index contributed by atoms with van der Waals surface area (Å²) in [5, 5.41) is 11.6. The summed E-state index contributed by atoms with van der Waals surface area (Å²) < 4.78 is 2.80. The highest BCUT2D eigenvalue weighted by Gasteiger charge is 2.24. The molecule has 0 aliphatic rings. The third-order valence-corrected chi connectivity index (χ3v) is 3.60. The van der Waals surface area contributed by atoms with E-state index in [1.165, 1.54) is 9.13 Å². The number of aryl methyl sites for hydroxylation is 1. The van der Waals surface area contributed by atoms with E-state index in [9.17, 15) is 14.4 Å². The second-order valence-corrected chi connectivity index (χ2v) is 5.54. The summed E-state index contributed by atoms with van der Waals surface area (Å²) in [7, 11) is 1.63. The lowest BCUT2D eigenvalue weighted by atomic mass is 10.1. The van der Waals surface area contributed by atoms with Crippen molar-refractivity contribution in [2.45, 2.75) is 26.4 Å². The second kappa shape index (κ2) is 6.05. The minimum absolute atomic E-state index is 0.212. The number of carboxylic acid groups (broad SMARTS) is 1. The molecule has 2 N–H and O–H groups in total. The first kappa shape index (κ1) is 15.8. The largest absolute Gasteiger partial charge is 0.480 e. The van der Waals surface area contributed by atoms with Crippen molar-refractivity contribution in [2.75, 3.05) is 0 Å². The van der Waals surface area contributed by atoms with Gasteiger partial charge in [0, 0.05) is 7.05 Å². The maximum atomic E-state index is 12.2. The lowest BCUT2D eigenvalue weighted by molar-refractivity contribution is -0.143. The zero-order valence-electron chi connectivity index (χ0n) is 12.7. The number of para-hydroxylation sites is 2. The van der Waals surface area contributed by atoms with E-state index in [0.717, 1.165) is 5.52 Å². The molecule has 0 aliphatic heterocycles. The Labute approximate surface area is 127 Å².